The fourth-order valence-electron chi connectivity index (χ4n) is 16.8. The molecular weight excluding hydrogens is 1700 g/mol. The summed E-state index contributed by atoms with van der Waals surface area (Å²) in [6, 6.07) is 27.2. The molecule has 4 saturated heterocycles. The lowest BCUT2D eigenvalue weighted by atomic mass is 9.63. The highest BCUT2D eigenvalue weighted by Crippen LogP contribution is 2.55. The highest BCUT2D eigenvalue weighted by Gasteiger charge is 2.60. The molecule has 34 heteroatoms. The molecule has 0 radical (unpaired) electrons. The van der Waals surface area contributed by atoms with E-state index in [2.05, 4.69) is 20.7 Å². The average molecular weight is 1800 g/mol. The van der Waals surface area contributed by atoms with Gasteiger partial charge in [0.25, 0.3) is 0 Å². The van der Waals surface area contributed by atoms with Crippen molar-refractivity contribution >= 4 is 85.0 Å². The molecule has 8 aromatic carbocycles. The van der Waals surface area contributed by atoms with Crippen molar-refractivity contribution in [3.8, 4) is 79.7 Å². The first-order valence-electron chi connectivity index (χ1n) is 40.2. The van der Waals surface area contributed by atoms with E-state index in [9.17, 15) is 48.6 Å². The number of Topliss-reactive ketones (excluding diaryl/α,β-unsaturated/α-hetero) is 1. The van der Waals surface area contributed by atoms with Crippen molar-refractivity contribution in [1.82, 2.24) is 0 Å². The van der Waals surface area contributed by atoms with Crippen LogP contribution < -0.4 is 42.6 Å². The van der Waals surface area contributed by atoms with Gasteiger partial charge in [-0.25, -0.2) is 9.59 Å². The van der Waals surface area contributed by atoms with Gasteiger partial charge in [0.1, 0.15) is 73.4 Å². The summed E-state index contributed by atoms with van der Waals surface area (Å²) in [7, 11) is 3.02. The number of benzene rings is 8. The molecule has 10 aliphatic rings. The van der Waals surface area contributed by atoms with Gasteiger partial charge in [-0.2, -0.15) is 0 Å². The molecule has 18 atom stereocenters. The van der Waals surface area contributed by atoms with Crippen molar-refractivity contribution in [1.29, 1.82) is 0 Å². The van der Waals surface area contributed by atoms with Gasteiger partial charge in [0.05, 0.1) is 49.6 Å². The predicted molar refractivity (Wildman–Crippen MR) is 441 cm³/mol. The van der Waals surface area contributed by atoms with Crippen LogP contribution in [-0.4, -0.2) is 198 Å². The van der Waals surface area contributed by atoms with Crippen molar-refractivity contribution in [2.75, 3.05) is 41.2 Å². The van der Waals surface area contributed by atoms with Crippen molar-refractivity contribution in [3.63, 3.8) is 0 Å². The number of carbonyl (C=O) groups is 8. The molecule has 1 aliphatic carbocycles. The summed E-state index contributed by atoms with van der Waals surface area (Å²) in [6.45, 7) is 22.3. The molecule has 9 aliphatic heterocycles. The second-order valence-corrected chi connectivity index (χ2v) is 32.7. The highest BCUT2D eigenvalue weighted by molar-refractivity contribution is 9.09. The predicted octanol–water partition coefficient (Wildman–Crippen LogP) is 10.5. The number of ketones is 1. The number of cyclic esters (lactones) is 3. The topological polar surface area (TPSA) is 433 Å². The van der Waals surface area contributed by atoms with Crippen LogP contribution in [0, 0.1) is 51.4 Å². The summed E-state index contributed by atoms with van der Waals surface area (Å²) in [6.07, 6.45) is -10.8. The Balaban J connectivity index is 0.000000136. The number of aromatic hydroxyl groups is 1. The third-order valence-corrected chi connectivity index (χ3v) is 24.6. The van der Waals surface area contributed by atoms with E-state index in [1.165, 1.54) is 48.8 Å². The minimum absolute atomic E-state index is 0.0123. The number of aliphatic hydroxyl groups excluding tert-OH is 4. The van der Waals surface area contributed by atoms with E-state index in [0.29, 0.717) is 101 Å². The van der Waals surface area contributed by atoms with Crippen LogP contribution in [0.15, 0.2) is 91.0 Å². The van der Waals surface area contributed by atoms with E-state index in [1.807, 2.05) is 91.8 Å². The fourth-order valence-corrected chi connectivity index (χ4v) is 17.6. The lowest BCUT2D eigenvalue weighted by Crippen LogP contribution is -2.57. The Morgan fingerprint density at radius 1 is 0.464 bits per heavy atom. The smallest absolute Gasteiger partial charge is 0.339 e. The van der Waals surface area contributed by atoms with Gasteiger partial charge in [0.15, 0.2) is 69.2 Å². The van der Waals surface area contributed by atoms with Crippen LogP contribution in [0.25, 0.3) is 43.8 Å². The van der Waals surface area contributed by atoms with Gasteiger partial charge in [0, 0.05) is 78.1 Å². The van der Waals surface area contributed by atoms with E-state index in [1.54, 1.807) is 54.6 Å². The number of methoxy groups -OCH3 is 2. The van der Waals surface area contributed by atoms with E-state index in [0.717, 1.165) is 44.2 Å². The van der Waals surface area contributed by atoms with Crippen molar-refractivity contribution in [2.24, 2.45) is 23.7 Å². The molecule has 0 spiro atoms. The lowest BCUT2D eigenvalue weighted by molar-refractivity contribution is -0.277. The standard InChI is InChI=1S/C32H32O12.C21H18O6.C21H16O5.C11H17BrO5.C6H12O5/c1-14-15(2)41-32(30(43-17(4)34)28(14)42-16(3)33)44-29-20-11-24(37-6)23(36-5)10-19(20)26(27-21(29)12-38-31(27)35)18-7-8-22-25(9-18)40-13-39-22;1-10-5-13-15(6-11(10)2)21(24,18-14(19(13)22)8-25-20(18)23)12-3-4-16-17(7-12)27-9-26-16;1-10-5-13-14(6-11(10)2)20(22)15-8-24-21(23)19(15)18(13)12-3-4-16-17(7-12)26-9-25-16;1-5-6(2)15-11(12)10(17-8(4)14)9(5)16-7(3)13;1-2-3(7)4(8)5(9)6(10)11-2/h7-11,14-15,28,30,32H,12-13H2,1-6H3;3-7,14,18,24H,8-9H2,1-2H3;3-7,22H,8-9H2,1-2H3;5-6,9-11H,1-4H3;2-10H,1H3/t;14-,18-,21+;;;/m.1.../s1. The van der Waals surface area contributed by atoms with Gasteiger partial charge >= 0.3 is 41.8 Å². The van der Waals surface area contributed by atoms with Crippen LogP contribution in [-0.2, 0) is 90.2 Å². The van der Waals surface area contributed by atoms with Crippen LogP contribution in [0.3, 0.4) is 0 Å². The number of rotatable bonds is 11. The zero-order valence-corrected chi connectivity index (χ0v) is 72.4. The molecular formula is C91H95BrO33. The number of halogens is 1. The van der Waals surface area contributed by atoms with E-state index in [4.69, 9.17) is 106 Å². The molecule has 33 nitrogen and oxygen atoms in total. The molecule has 9 heterocycles. The molecule has 18 rings (SSSR count). The monoisotopic (exact) mass is 1790 g/mol. The summed E-state index contributed by atoms with van der Waals surface area (Å²) in [5.41, 5.74) is 8.31. The van der Waals surface area contributed by atoms with Crippen LogP contribution in [0.1, 0.15) is 138 Å². The van der Waals surface area contributed by atoms with Crippen LogP contribution in [0.5, 0.6) is 57.5 Å². The summed E-state index contributed by atoms with van der Waals surface area (Å²) in [5, 5.41) is 60.9. The van der Waals surface area contributed by atoms with Crippen LogP contribution in [0.4, 0.5) is 0 Å². The normalized spacial score (nSPS) is 27.1. The number of hydrogen-bond acceptors (Lipinski definition) is 33. The highest BCUT2D eigenvalue weighted by atomic mass is 79.9. The SMILES string of the molecule is CC(=O)OC1C(Br)OC(C)C(C)C1OC(C)=O.CC1OC(O)C(O)C(O)C1O.COc1cc2c(OC3OC(C)C(C)C(OC(C)=O)C3OC(C)=O)c3c(c(-c4ccc5c(c4)OCO5)c2cc1OC)C(=O)OC3.Cc1cc2c(O)c3c(c(-c4ccc5c(c4)OCO5)c2cc1C)C(=O)OC3.Cc1cc2c(cc1C)[C@@](O)(c1ccc3c(c1)OCO3)[C@H]1C(=O)OC[C@H]1C2=O. The quantitative estimate of drug-likeness (QED) is 0.0398. The van der Waals surface area contributed by atoms with E-state index in [-0.39, 0.29) is 81.0 Å². The maximum Gasteiger partial charge on any atom is 0.339 e. The van der Waals surface area contributed by atoms with E-state index < -0.39 is 132 Å². The van der Waals surface area contributed by atoms with Crippen molar-refractivity contribution in [3.05, 3.63) is 152 Å². The summed E-state index contributed by atoms with van der Waals surface area (Å²) < 4.78 is 105. The zero-order valence-electron chi connectivity index (χ0n) is 70.8. The van der Waals surface area contributed by atoms with Crippen LogP contribution >= 0.6 is 15.9 Å². The first-order valence-corrected chi connectivity index (χ1v) is 41.1. The van der Waals surface area contributed by atoms with E-state index >= 15 is 0 Å². The number of aliphatic hydroxyl groups is 5. The first-order chi connectivity index (χ1) is 59.4. The molecule has 0 bridgehead atoms. The Bertz CT molecular complexity index is 5610. The number of phenolic OH excluding ortho intramolecular Hbond substituents is 1. The number of aryl methyl sites for hydroxylation is 4. The molecule has 664 valence electrons. The Morgan fingerprint density at radius 3 is 1.47 bits per heavy atom. The molecule has 8 aromatic rings. The van der Waals surface area contributed by atoms with Gasteiger partial charge in [-0.3, -0.25) is 28.8 Å². The second kappa shape index (κ2) is 36.2. The Hall–Kier alpha value is -11.6. The number of carbonyl (C=O) groups excluding carboxylic acids is 8. The third-order valence-electron chi connectivity index (χ3n) is 23.9. The second-order valence-electron chi connectivity index (χ2n) is 31.8. The molecule has 0 aromatic heterocycles. The summed E-state index contributed by atoms with van der Waals surface area (Å²) >= 11 is 3.29. The summed E-state index contributed by atoms with van der Waals surface area (Å²) in [4.78, 5) is 97.8. The van der Waals surface area contributed by atoms with Crippen molar-refractivity contribution in [2.45, 2.75) is 187 Å². The number of phenols is 1. The molecule has 4 fully saturated rings. The molecule has 0 saturated carbocycles. The Morgan fingerprint density at radius 2 is 0.920 bits per heavy atom. The number of alkyl halides is 1. The van der Waals surface area contributed by atoms with Gasteiger partial charge in [-0.15, -0.1) is 0 Å². The molecule has 125 heavy (non-hydrogen) atoms. The zero-order chi connectivity index (χ0) is 90.0. The lowest BCUT2D eigenvalue weighted by Gasteiger charge is -2.43. The number of fused-ring (bicyclic) bond motifs is 9. The number of hydrogen-bond donors (Lipinski definition) is 6. The Kier molecular flexibility index (Phi) is 25.9. The van der Waals surface area contributed by atoms with Gasteiger partial charge < -0.3 is 121 Å². The summed E-state index contributed by atoms with van der Waals surface area (Å²) in [5.74, 6) is -0.953. The average Bonchev–Trinajstić information content (AvgIpc) is 1.68. The van der Waals surface area contributed by atoms with Gasteiger partial charge in [-0.1, -0.05) is 60.1 Å². The third kappa shape index (κ3) is 17.2. The minimum atomic E-state index is -1.68. The van der Waals surface area contributed by atoms with Crippen molar-refractivity contribution < 1.29 is 159 Å². The maximum atomic E-state index is 13.4. The number of ether oxygens (including phenoxy) is 19. The van der Waals surface area contributed by atoms with Gasteiger partial charge in [-0.05, 0) is 164 Å². The maximum absolute atomic E-state index is 13.4. The Labute approximate surface area is 724 Å². The fraction of sp³-hybridized carbons (Fsp3) is 0.429. The molecule has 15 unspecified atom stereocenters. The number of esters is 7. The van der Waals surface area contributed by atoms with Gasteiger partial charge in [0.2, 0.25) is 32.8 Å². The van der Waals surface area contributed by atoms with Crippen LogP contribution in [0.2, 0.25) is 0 Å². The first kappa shape index (κ1) is 89.7. The molecule has 0 amide bonds. The minimum Gasteiger partial charge on any atom is -0.507 e. The largest absolute Gasteiger partial charge is 0.507 e. The molecule has 6 N–H and O–H groups in total.